The zero-order chi connectivity index (χ0) is 9.80. The summed E-state index contributed by atoms with van der Waals surface area (Å²) >= 11 is 0. The first-order valence-corrected chi connectivity index (χ1v) is 4.23. The third kappa shape index (κ3) is 1.52. The monoisotopic (exact) mass is 184 g/mol. The summed E-state index contributed by atoms with van der Waals surface area (Å²) in [6.45, 7) is 0. The minimum absolute atomic E-state index is 0.374. The Bertz CT molecular complexity index is 440. The molecule has 2 rings (SSSR count). The van der Waals surface area contributed by atoms with E-state index in [1.54, 1.807) is 6.20 Å². The minimum Gasteiger partial charge on any atom is -0.296 e. The second-order valence-electron chi connectivity index (χ2n) is 2.77. The summed E-state index contributed by atoms with van der Waals surface area (Å²) < 4.78 is 0. The molecular formula is C11H8N2O. The van der Waals surface area contributed by atoms with Crippen molar-refractivity contribution >= 4 is 6.29 Å². The van der Waals surface area contributed by atoms with E-state index >= 15 is 0 Å². The van der Waals surface area contributed by atoms with Crippen molar-refractivity contribution in [2.24, 2.45) is 0 Å². The zero-order valence-electron chi connectivity index (χ0n) is 7.42. The van der Waals surface area contributed by atoms with Gasteiger partial charge in [0.1, 0.15) is 5.69 Å². The van der Waals surface area contributed by atoms with Crippen molar-refractivity contribution in [2.45, 2.75) is 0 Å². The van der Waals surface area contributed by atoms with Gasteiger partial charge in [-0.1, -0.05) is 30.3 Å². The highest BCUT2D eigenvalue weighted by atomic mass is 16.1. The van der Waals surface area contributed by atoms with Crippen molar-refractivity contribution in [3.8, 4) is 11.3 Å². The quantitative estimate of drug-likeness (QED) is 0.670. The highest BCUT2D eigenvalue weighted by molar-refractivity contribution is 5.82. The molecule has 1 heterocycles. The van der Waals surface area contributed by atoms with Crippen LogP contribution >= 0.6 is 0 Å². The molecule has 0 unspecified atom stereocenters. The molecule has 0 N–H and O–H groups in total. The normalized spacial score (nSPS) is 9.71. The Morgan fingerprint density at radius 1 is 1.00 bits per heavy atom. The summed E-state index contributed by atoms with van der Waals surface area (Å²) in [7, 11) is 0. The van der Waals surface area contributed by atoms with Crippen LogP contribution in [-0.2, 0) is 0 Å². The molecule has 3 nitrogen and oxygen atoms in total. The molecule has 68 valence electrons. The van der Waals surface area contributed by atoms with Crippen LogP contribution in [0.15, 0.2) is 42.7 Å². The zero-order valence-corrected chi connectivity index (χ0v) is 7.42. The van der Waals surface area contributed by atoms with Crippen LogP contribution in [0.5, 0.6) is 0 Å². The van der Waals surface area contributed by atoms with Gasteiger partial charge in [0, 0.05) is 18.0 Å². The molecule has 0 aliphatic rings. The predicted molar refractivity (Wildman–Crippen MR) is 52.9 cm³/mol. The van der Waals surface area contributed by atoms with Gasteiger partial charge < -0.3 is 0 Å². The van der Waals surface area contributed by atoms with Gasteiger partial charge in [0.2, 0.25) is 0 Å². The van der Waals surface area contributed by atoms with E-state index in [-0.39, 0.29) is 0 Å². The molecule has 1 aromatic carbocycles. The summed E-state index contributed by atoms with van der Waals surface area (Å²) in [5.74, 6) is 0. The van der Waals surface area contributed by atoms with E-state index in [0.717, 1.165) is 11.8 Å². The van der Waals surface area contributed by atoms with Crippen LogP contribution < -0.4 is 0 Å². The van der Waals surface area contributed by atoms with E-state index in [0.29, 0.717) is 11.4 Å². The van der Waals surface area contributed by atoms with Crippen molar-refractivity contribution in [3.63, 3.8) is 0 Å². The first-order valence-electron chi connectivity index (χ1n) is 4.23. The molecule has 0 amide bonds. The van der Waals surface area contributed by atoms with Crippen molar-refractivity contribution in [1.29, 1.82) is 0 Å². The van der Waals surface area contributed by atoms with E-state index in [9.17, 15) is 4.79 Å². The Morgan fingerprint density at radius 2 is 1.71 bits per heavy atom. The molecule has 2 aromatic rings. The Kier molecular flexibility index (Phi) is 2.32. The van der Waals surface area contributed by atoms with Crippen LogP contribution in [0.25, 0.3) is 11.3 Å². The number of aldehydes is 1. The number of hydrogen-bond acceptors (Lipinski definition) is 3. The number of benzene rings is 1. The highest BCUT2D eigenvalue weighted by Crippen LogP contribution is 2.17. The van der Waals surface area contributed by atoms with Gasteiger partial charge in [0.05, 0.1) is 5.69 Å². The summed E-state index contributed by atoms with van der Waals surface area (Å²) in [6, 6.07) is 9.52. The molecule has 14 heavy (non-hydrogen) atoms. The van der Waals surface area contributed by atoms with Gasteiger partial charge in [-0.25, -0.2) is 4.98 Å². The van der Waals surface area contributed by atoms with Crippen LogP contribution in [0.3, 0.4) is 0 Å². The van der Waals surface area contributed by atoms with E-state index in [1.165, 1.54) is 6.20 Å². The summed E-state index contributed by atoms with van der Waals surface area (Å²) in [5, 5.41) is 0. The van der Waals surface area contributed by atoms with E-state index in [4.69, 9.17) is 0 Å². The first kappa shape index (κ1) is 8.56. The lowest BCUT2D eigenvalue weighted by atomic mass is 10.1. The maximum atomic E-state index is 10.7. The first-order chi connectivity index (χ1) is 6.92. The molecule has 0 saturated carbocycles. The van der Waals surface area contributed by atoms with E-state index in [1.807, 2.05) is 30.3 Å². The third-order valence-electron chi connectivity index (χ3n) is 1.89. The molecule has 0 aliphatic carbocycles. The second-order valence-corrected chi connectivity index (χ2v) is 2.77. The standard InChI is InChI=1S/C11H8N2O/c14-8-10-11(13-7-6-12-10)9-4-2-1-3-5-9/h1-8H. The number of nitrogens with zero attached hydrogens (tertiary/aromatic N) is 2. The summed E-state index contributed by atoms with van der Waals surface area (Å²) in [4.78, 5) is 18.8. The van der Waals surface area contributed by atoms with Gasteiger partial charge in [-0.15, -0.1) is 0 Å². The van der Waals surface area contributed by atoms with Gasteiger partial charge in [0.15, 0.2) is 6.29 Å². The fourth-order valence-corrected chi connectivity index (χ4v) is 1.25. The van der Waals surface area contributed by atoms with Gasteiger partial charge >= 0.3 is 0 Å². The Labute approximate surface area is 81.5 Å². The van der Waals surface area contributed by atoms with Crippen LogP contribution in [-0.4, -0.2) is 16.3 Å². The number of rotatable bonds is 2. The van der Waals surface area contributed by atoms with Crippen LogP contribution in [0.2, 0.25) is 0 Å². The fourth-order valence-electron chi connectivity index (χ4n) is 1.25. The van der Waals surface area contributed by atoms with Gasteiger partial charge in [0.25, 0.3) is 0 Å². The predicted octanol–water partition coefficient (Wildman–Crippen LogP) is 1.96. The molecule has 0 saturated heterocycles. The lowest BCUT2D eigenvalue weighted by Gasteiger charge is -2.01. The molecule has 0 atom stereocenters. The molecular weight excluding hydrogens is 176 g/mol. The van der Waals surface area contributed by atoms with Gasteiger partial charge in [-0.3, -0.25) is 9.78 Å². The van der Waals surface area contributed by atoms with Crippen LogP contribution in [0.4, 0.5) is 0 Å². The number of aromatic nitrogens is 2. The van der Waals surface area contributed by atoms with Crippen LogP contribution in [0, 0.1) is 0 Å². The SMILES string of the molecule is O=Cc1nccnc1-c1ccccc1. The minimum atomic E-state index is 0.374. The molecule has 0 bridgehead atoms. The van der Waals surface area contributed by atoms with Crippen molar-refractivity contribution in [2.75, 3.05) is 0 Å². The van der Waals surface area contributed by atoms with Crippen molar-refractivity contribution in [3.05, 3.63) is 48.4 Å². The second kappa shape index (κ2) is 3.79. The lowest BCUT2D eigenvalue weighted by molar-refractivity contribution is 0.111. The molecule has 1 aromatic heterocycles. The van der Waals surface area contributed by atoms with Crippen molar-refractivity contribution < 1.29 is 4.79 Å². The lowest BCUT2D eigenvalue weighted by Crippen LogP contribution is -1.94. The molecule has 0 fully saturated rings. The molecule has 0 radical (unpaired) electrons. The summed E-state index contributed by atoms with van der Waals surface area (Å²) in [6.07, 6.45) is 3.81. The number of hydrogen-bond donors (Lipinski definition) is 0. The van der Waals surface area contributed by atoms with Crippen molar-refractivity contribution in [1.82, 2.24) is 9.97 Å². The Hall–Kier alpha value is -2.03. The molecule has 0 spiro atoms. The number of carbonyl (C=O) groups is 1. The molecule has 3 heteroatoms. The third-order valence-corrected chi connectivity index (χ3v) is 1.89. The van der Waals surface area contributed by atoms with E-state index < -0.39 is 0 Å². The maximum absolute atomic E-state index is 10.7. The topological polar surface area (TPSA) is 42.9 Å². The maximum Gasteiger partial charge on any atom is 0.170 e. The highest BCUT2D eigenvalue weighted by Gasteiger charge is 2.04. The smallest absolute Gasteiger partial charge is 0.170 e. The summed E-state index contributed by atoms with van der Waals surface area (Å²) in [5.41, 5.74) is 1.91. The Morgan fingerprint density at radius 3 is 2.43 bits per heavy atom. The largest absolute Gasteiger partial charge is 0.296 e. The average Bonchev–Trinajstić information content (AvgIpc) is 2.30. The van der Waals surface area contributed by atoms with Crippen LogP contribution in [0.1, 0.15) is 10.5 Å². The van der Waals surface area contributed by atoms with Gasteiger partial charge in [-0.05, 0) is 0 Å². The average molecular weight is 184 g/mol. The fraction of sp³-hybridized carbons (Fsp3) is 0. The number of carbonyl (C=O) groups excluding carboxylic acids is 1. The van der Waals surface area contributed by atoms with E-state index in [2.05, 4.69) is 9.97 Å². The molecule has 0 aliphatic heterocycles. The van der Waals surface area contributed by atoms with Gasteiger partial charge in [-0.2, -0.15) is 0 Å². The Balaban J connectivity index is 2.57.